The van der Waals surface area contributed by atoms with E-state index in [1.807, 2.05) is 5.32 Å². The zero-order chi connectivity index (χ0) is 23.0. The van der Waals surface area contributed by atoms with E-state index in [4.69, 9.17) is 0 Å². The van der Waals surface area contributed by atoms with Crippen molar-refractivity contribution in [1.82, 2.24) is 0 Å². The molecule has 0 fully saturated rings. The Morgan fingerprint density at radius 3 is 2.19 bits per heavy atom. The minimum absolute atomic E-state index is 0.155. The van der Waals surface area contributed by atoms with Crippen molar-refractivity contribution < 1.29 is 37.2 Å². The summed E-state index contributed by atoms with van der Waals surface area (Å²) >= 11 is 0. The number of nitro groups is 1. The van der Waals surface area contributed by atoms with Gasteiger partial charge in [-0.25, -0.2) is 0 Å². The van der Waals surface area contributed by atoms with Gasteiger partial charge >= 0.3 is 12.1 Å². The van der Waals surface area contributed by atoms with Gasteiger partial charge in [0.1, 0.15) is 0 Å². The number of alkyl halides is 3. The van der Waals surface area contributed by atoms with Crippen LogP contribution in [0, 0.1) is 10.1 Å². The number of halogens is 3. The SMILES string of the molecule is O=C(CCC(=O)OCC(=O)Nc1ccccc1C(F)(F)F)Nc1ccc([N+](=O)[O-])cc1. The first-order valence-corrected chi connectivity index (χ1v) is 8.72. The fourth-order valence-corrected chi connectivity index (χ4v) is 2.35. The first-order valence-electron chi connectivity index (χ1n) is 8.72. The molecule has 2 N–H and O–H groups in total. The van der Waals surface area contributed by atoms with Crippen molar-refractivity contribution >= 4 is 34.8 Å². The molecule has 0 aliphatic carbocycles. The largest absolute Gasteiger partial charge is 0.456 e. The molecular formula is C19H16F3N3O6. The van der Waals surface area contributed by atoms with Crippen molar-refractivity contribution in [2.75, 3.05) is 17.2 Å². The Balaban J connectivity index is 1.76. The smallest absolute Gasteiger partial charge is 0.418 e. The number of esters is 1. The van der Waals surface area contributed by atoms with Crippen molar-refractivity contribution in [2.45, 2.75) is 19.0 Å². The highest BCUT2D eigenvalue weighted by Gasteiger charge is 2.33. The molecule has 0 aliphatic rings. The zero-order valence-electron chi connectivity index (χ0n) is 15.8. The summed E-state index contributed by atoms with van der Waals surface area (Å²) in [4.78, 5) is 45.2. The first-order chi connectivity index (χ1) is 14.6. The van der Waals surface area contributed by atoms with Crippen LogP contribution in [0.5, 0.6) is 0 Å². The monoisotopic (exact) mass is 439 g/mol. The fraction of sp³-hybridized carbons (Fsp3) is 0.211. The molecule has 164 valence electrons. The maximum Gasteiger partial charge on any atom is 0.418 e. The first kappa shape index (κ1) is 23.3. The number of nitro benzene ring substituents is 1. The number of carbonyl (C=O) groups excluding carboxylic acids is 3. The number of hydrogen-bond acceptors (Lipinski definition) is 6. The van der Waals surface area contributed by atoms with Gasteiger partial charge in [0.05, 0.1) is 22.6 Å². The van der Waals surface area contributed by atoms with E-state index in [-0.39, 0.29) is 24.2 Å². The van der Waals surface area contributed by atoms with E-state index in [0.29, 0.717) is 0 Å². The van der Waals surface area contributed by atoms with Gasteiger partial charge in [-0.15, -0.1) is 0 Å². The molecule has 0 aromatic heterocycles. The Labute approximate surface area is 173 Å². The van der Waals surface area contributed by atoms with Crippen LogP contribution in [0.4, 0.5) is 30.2 Å². The van der Waals surface area contributed by atoms with E-state index < -0.39 is 46.7 Å². The Hall–Kier alpha value is -3.96. The van der Waals surface area contributed by atoms with Crippen LogP contribution in [0.15, 0.2) is 48.5 Å². The van der Waals surface area contributed by atoms with Crippen molar-refractivity contribution in [3.8, 4) is 0 Å². The van der Waals surface area contributed by atoms with Crippen LogP contribution in [0.25, 0.3) is 0 Å². The standard InChI is InChI=1S/C19H16F3N3O6/c20-19(21,22)14-3-1-2-4-15(14)24-17(27)11-31-18(28)10-9-16(26)23-12-5-7-13(8-6-12)25(29)30/h1-8H,9-11H2,(H,23,26)(H,24,27). The summed E-state index contributed by atoms with van der Waals surface area (Å²) in [6, 6.07) is 9.35. The van der Waals surface area contributed by atoms with Crippen molar-refractivity contribution in [3.05, 3.63) is 64.2 Å². The molecule has 12 heteroatoms. The van der Waals surface area contributed by atoms with Gasteiger partial charge in [0, 0.05) is 24.2 Å². The molecule has 0 bridgehead atoms. The minimum atomic E-state index is -4.67. The highest BCUT2D eigenvalue weighted by molar-refractivity contribution is 5.95. The van der Waals surface area contributed by atoms with E-state index in [0.717, 1.165) is 12.1 Å². The lowest BCUT2D eigenvalue weighted by atomic mass is 10.1. The average Bonchev–Trinajstić information content (AvgIpc) is 2.70. The molecule has 31 heavy (non-hydrogen) atoms. The van der Waals surface area contributed by atoms with Crippen LogP contribution < -0.4 is 10.6 Å². The maximum absolute atomic E-state index is 12.9. The van der Waals surface area contributed by atoms with E-state index >= 15 is 0 Å². The van der Waals surface area contributed by atoms with Crippen molar-refractivity contribution in [2.24, 2.45) is 0 Å². The van der Waals surface area contributed by atoms with Crippen LogP contribution in [-0.4, -0.2) is 29.3 Å². The number of hydrogen-bond donors (Lipinski definition) is 2. The second kappa shape index (κ2) is 10.2. The number of para-hydroxylation sites is 1. The highest BCUT2D eigenvalue weighted by Crippen LogP contribution is 2.34. The fourth-order valence-electron chi connectivity index (χ4n) is 2.35. The van der Waals surface area contributed by atoms with Gasteiger partial charge in [-0.2, -0.15) is 13.2 Å². The summed E-state index contributed by atoms with van der Waals surface area (Å²) in [6.45, 7) is -0.824. The van der Waals surface area contributed by atoms with E-state index in [1.54, 1.807) is 0 Å². The Kier molecular flexibility index (Phi) is 7.66. The minimum Gasteiger partial charge on any atom is -0.456 e. The molecule has 0 saturated carbocycles. The summed E-state index contributed by atoms with van der Waals surface area (Å²) < 4.78 is 43.3. The maximum atomic E-state index is 12.9. The van der Waals surface area contributed by atoms with Crippen LogP contribution in [0.3, 0.4) is 0 Å². The Bertz CT molecular complexity index is 977. The Morgan fingerprint density at radius 2 is 1.58 bits per heavy atom. The lowest BCUT2D eigenvalue weighted by molar-refractivity contribution is -0.384. The molecule has 0 aliphatic heterocycles. The van der Waals surface area contributed by atoms with Gasteiger partial charge < -0.3 is 15.4 Å². The highest BCUT2D eigenvalue weighted by atomic mass is 19.4. The van der Waals surface area contributed by atoms with Crippen LogP contribution in [-0.2, 0) is 25.3 Å². The quantitative estimate of drug-likeness (QED) is 0.368. The average molecular weight is 439 g/mol. The lowest BCUT2D eigenvalue weighted by Crippen LogP contribution is -2.23. The van der Waals surface area contributed by atoms with Crippen molar-refractivity contribution in [3.63, 3.8) is 0 Å². The zero-order valence-corrected chi connectivity index (χ0v) is 15.8. The summed E-state index contributed by atoms with van der Waals surface area (Å²) in [7, 11) is 0. The van der Waals surface area contributed by atoms with E-state index in [1.165, 1.54) is 36.4 Å². The predicted molar refractivity (Wildman–Crippen MR) is 102 cm³/mol. The molecule has 0 saturated heterocycles. The number of amides is 2. The third kappa shape index (κ3) is 7.42. The van der Waals surface area contributed by atoms with Gasteiger partial charge in [0.2, 0.25) is 5.91 Å². The van der Waals surface area contributed by atoms with Crippen LogP contribution >= 0.6 is 0 Å². The van der Waals surface area contributed by atoms with Crippen LogP contribution in [0.1, 0.15) is 18.4 Å². The van der Waals surface area contributed by atoms with E-state index in [2.05, 4.69) is 10.1 Å². The Morgan fingerprint density at radius 1 is 0.935 bits per heavy atom. The number of ether oxygens (including phenoxy) is 1. The molecule has 2 aromatic carbocycles. The van der Waals surface area contributed by atoms with Gasteiger partial charge in [0.25, 0.3) is 11.6 Å². The van der Waals surface area contributed by atoms with Gasteiger partial charge in [0.15, 0.2) is 6.61 Å². The number of non-ortho nitro benzene ring substituents is 1. The van der Waals surface area contributed by atoms with E-state index in [9.17, 15) is 37.7 Å². The predicted octanol–water partition coefficient (Wildman–Crippen LogP) is 3.51. The third-order valence-electron chi connectivity index (χ3n) is 3.79. The van der Waals surface area contributed by atoms with Crippen LogP contribution in [0.2, 0.25) is 0 Å². The summed E-state index contributed by atoms with van der Waals surface area (Å²) in [6.07, 6.45) is -5.35. The van der Waals surface area contributed by atoms with Gasteiger partial charge in [-0.05, 0) is 24.3 Å². The molecule has 0 spiro atoms. The molecule has 0 unspecified atom stereocenters. The molecule has 2 amide bonds. The molecule has 2 rings (SSSR count). The molecule has 9 nitrogen and oxygen atoms in total. The third-order valence-corrected chi connectivity index (χ3v) is 3.79. The topological polar surface area (TPSA) is 128 Å². The summed E-state index contributed by atoms with van der Waals surface area (Å²) in [5, 5.41) is 15.0. The molecular weight excluding hydrogens is 423 g/mol. The second-order valence-corrected chi connectivity index (χ2v) is 6.10. The molecule has 2 aromatic rings. The number of anilines is 2. The lowest BCUT2D eigenvalue weighted by Gasteiger charge is -2.13. The van der Waals surface area contributed by atoms with Gasteiger partial charge in [-0.3, -0.25) is 24.5 Å². The van der Waals surface area contributed by atoms with Crippen molar-refractivity contribution in [1.29, 1.82) is 0 Å². The number of carbonyl (C=O) groups is 3. The molecule has 0 atom stereocenters. The summed E-state index contributed by atoms with van der Waals surface area (Å²) in [5.41, 5.74) is -1.39. The molecule has 0 heterocycles. The number of benzene rings is 2. The number of nitrogens with one attached hydrogen (secondary N) is 2. The number of rotatable bonds is 8. The number of nitrogens with zero attached hydrogens (tertiary/aromatic N) is 1. The second-order valence-electron chi connectivity index (χ2n) is 6.10. The molecule has 0 radical (unpaired) electrons. The summed E-state index contributed by atoms with van der Waals surface area (Å²) in [5.74, 6) is -2.45. The van der Waals surface area contributed by atoms with Gasteiger partial charge in [-0.1, -0.05) is 12.1 Å². The normalized spacial score (nSPS) is 10.8.